The predicted octanol–water partition coefficient (Wildman–Crippen LogP) is 2.81. The van der Waals surface area contributed by atoms with Crippen molar-refractivity contribution < 1.29 is 9.53 Å². The molecule has 1 fully saturated rings. The first-order valence-electron chi connectivity index (χ1n) is 6.42. The molecule has 0 spiro atoms. The second kappa shape index (κ2) is 5.80. The van der Waals surface area contributed by atoms with Crippen molar-refractivity contribution in [2.24, 2.45) is 11.1 Å². The van der Waals surface area contributed by atoms with E-state index in [-0.39, 0.29) is 11.3 Å². The Labute approximate surface area is 118 Å². The van der Waals surface area contributed by atoms with Crippen LogP contribution in [0, 0.1) is 5.41 Å². The van der Waals surface area contributed by atoms with Crippen LogP contribution in [0.3, 0.4) is 0 Å². The monoisotopic (exact) mass is 282 g/mol. The van der Waals surface area contributed by atoms with Crippen LogP contribution in [0.25, 0.3) is 0 Å². The molecule has 19 heavy (non-hydrogen) atoms. The van der Waals surface area contributed by atoms with E-state index in [1.807, 2.05) is 0 Å². The summed E-state index contributed by atoms with van der Waals surface area (Å²) < 4.78 is 5.12. The molecule has 0 radical (unpaired) electrons. The number of methoxy groups -OCH3 is 1. The minimum absolute atomic E-state index is 0.00454. The fraction of sp³-hybridized carbons (Fsp3) is 0.500. The van der Waals surface area contributed by atoms with Gasteiger partial charge in [-0.2, -0.15) is 0 Å². The largest absolute Gasteiger partial charge is 0.497 e. The fourth-order valence-corrected chi connectivity index (χ4v) is 2.56. The quantitative estimate of drug-likeness (QED) is 0.873. The molecule has 1 saturated carbocycles. The van der Waals surface area contributed by atoms with E-state index in [0.717, 1.165) is 19.3 Å². The Kier molecular flexibility index (Phi) is 4.32. The molecule has 1 aliphatic carbocycles. The highest BCUT2D eigenvalue weighted by Gasteiger charge is 2.37. The average Bonchev–Trinajstić information content (AvgIpc) is 2.36. The van der Waals surface area contributed by atoms with Crippen LogP contribution in [0.15, 0.2) is 18.2 Å². The number of nitrogens with one attached hydrogen (secondary N) is 1. The Balaban J connectivity index is 2.02. The second-order valence-corrected chi connectivity index (χ2v) is 5.54. The highest BCUT2D eigenvalue weighted by atomic mass is 35.5. The van der Waals surface area contributed by atoms with Crippen LogP contribution in [0.5, 0.6) is 5.75 Å². The van der Waals surface area contributed by atoms with E-state index in [0.29, 0.717) is 29.4 Å². The number of nitrogens with two attached hydrogens (primary N) is 1. The Hall–Kier alpha value is -1.26. The van der Waals surface area contributed by atoms with Crippen LogP contribution in [0.2, 0.25) is 5.02 Å². The Morgan fingerprint density at radius 2 is 2.26 bits per heavy atom. The van der Waals surface area contributed by atoms with Gasteiger partial charge in [0.05, 0.1) is 17.8 Å². The lowest BCUT2D eigenvalue weighted by Crippen LogP contribution is -2.40. The van der Waals surface area contributed by atoms with Crippen molar-refractivity contribution in [3.63, 3.8) is 0 Å². The molecule has 0 atom stereocenters. The lowest BCUT2D eigenvalue weighted by molar-refractivity contribution is -0.119. The summed E-state index contributed by atoms with van der Waals surface area (Å²) in [6, 6.07) is 5.18. The van der Waals surface area contributed by atoms with Gasteiger partial charge in [-0.25, -0.2) is 0 Å². The summed E-state index contributed by atoms with van der Waals surface area (Å²) in [5.41, 5.74) is 6.34. The molecule has 1 amide bonds. The molecule has 0 aliphatic heterocycles. The lowest BCUT2D eigenvalue weighted by atomic mass is 9.66. The summed E-state index contributed by atoms with van der Waals surface area (Å²) in [6.07, 6.45) is 3.67. The number of rotatable bonds is 5. The Morgan fingerprint density at radius 1 is 1.53 bits per heavy atom. The number of halogens is 1. The van der Waals surface area contributed by atoms with Gasteiger partial charge in [0.15, 0.2) is 0 Å². The molecular formula is C14H19ClN2O2. The average molecular weight is 283 g/mol. The van der Waals surface area contributed by atoms with Crippen LogP contribution >= 0.6 is 11.6 Å². The summed E-state index contributed by atoms with van der Waals surface area (Å²) >= 11 is 6.06. The predicted molar refractivity (Wildman–Crippen MR) is 76.6 cm³/mol. The molecule has 5 heteroatoms. The maximum Gasteiger partial charge on any atom is 0.225 e. The van der Waals surface area contributed by atoms with Gasteiger partial charge in [0, 0.05) is 12.5 Å². The van der Waals surface area contributed by atoms with Crippen LogP contribution in [-0.2, 0) is 4.79 Å². The normalized spacial score (nSPS) is 16.6. The zero-order valence-corrected chi connectivity index (χ0v) is 11.8. The highest BCUT2D eigenvalue weighted by molar-refractivity contribution is 6.33. The van der Waals surface area contributed by atoms with Crippen molar-refractivity contribution >= 4 is 23.2 Å². The van der Waals surface area contributed by atoms with Crippen molar-refractivity contribution in [2.45, 2.75) is 25.7 Å². The maximum atomic E-state index is 12.1. The van der Waals surface area contributed by atoms with Crippen molar-refractivity contribution in [3.05, 3.63) is 23.2 Å². The third-order valence-electron chi connectivity index (χ3n) is 3.83. The molecule has 3 N–H and O–H groups in total. The number of benzene rings is 1. The number of amides is 1. The number of carbonyl (C=O) groups is 1. The molecule has 2 rings (SSSR count). The van der Waals surface area contributed by atoms with E-state index in [4.69, 9.17) is 22.1 Å². The standard InChI is InChI=1S/C14H19ClN2O2/c1-19-10-3-4-11(15)12(7-10)17-13(18)8-14(9-16)5-2-6-14/h3-4,7H,2,5-6,8-9,16H2,1H3,(H,17,18). The smallest absolute Gasteiger partial charge is 0.225 e. The van der Waals surface area contributed by atoms with Crippen LogP contribution in [0.4, 0.5) is 5.69 Å². The summed E-state index contributed by atoms with van der Waals surface area (Å²) in [7, 11) is 1.58. The number of anilines is 1. The summed E-state index contributed by atoms with van der Waals surface area (Å²) in [5, 5.41) is 3.34. The molecule has 0 bridgehead atoms. The van der Waals surface area contributed by atoms with E-state index < -0.39 is 0 Å². The molecular weight excluding hydrogens is 264 g/mol. The first kappa shape index (κ1) is 14.2. The number of ether oxygens (including phenoxy) is 1. The Morgan fingerprint density at radius 3 is 2.79 bits per heavy atom. The molecule has 0 saturated heterocycles. The molecule has 1 aromatic carbocycles. The number of hydrogen-bond acceptors (Lipinski definition) is 3. The highest BCUT2D eigenvalue weighted by Crippen LogP contribution is 2.43. The molecule has 104 valence electrons. The van der Waals surface area contributed by atoms with E-state index in [1.54, 1.807) is 25.3 Å². The van der Waals surface area contributed by atoms with E-state index in [1.165, 1.54) is 0 Å². The van der Waals surface area contributed by atoms with Crippen molar-refractivity contribution in [1.82, 2.24) is 0 Å². The lowest BCUT2D eigenvalue weighted by Gasteiger charge is -2.40. The topological polar surface area (TPSA) is 64.3 Å². The van der Waals surface area contributed by atoms with Crippen molar-refractivity contribution in [3.8, 4) is 5.75 Å². The Bertz CT molecular complexity index is 467. The summed E-state index contributed by atoms with van der Waals surface area (Å²) in [6.45, 7) is 0.562. The molecule has 0 heterocycles. The third-order valence-corrected chi connectivity index (χ3v) is 4.16. The zero-order chi connectivity index (χ0) is 13.9. The minimum Gasteiger partial charge on any atom is -0.497 e. The van der Waals surface area contributed by atoms with E-state index >= 15 is 0 Å². The molecule has 1 aromatic rings. The first-order valence-corrected chi connectivity index (χ1v) is 6.80. The third kappa shape index (κ3) is 3.19. The first-order chi connectivity index (χ1) is 9.08. The van der Waals surface area contributed by atoms with Gasteiger partial charge in [0.2, 0.25) is 5.91 Å². The second-order valence-electron chi connectivity index (χ2n) is 5.13. The van der Waals surface area contributed by atoms with Gasteiger partial charge in [-0.3, -0.25) is 4.79 Å². The fourth-order valence-electron chi connectivity index (χ4n) is 2.39. The van der Waals surface area contributed by atoms with Crippen molar-refractivity contribution in [1.29, 1.82) is 0 Å². The summed E-state index contributed by atoms with van der Waals surface area (Å²) in [5.74, 6) is 0.622. The van der Waals surface area contributed by atoms with Gasteiger partial charge < -0.3 is 15.8 Å². The van der Waals surface area contributed by atoms with E-state index in [2.05, 4.69) is 5.32 Å². The van der Waals surface area contributed by atoms with Gasteiger partial charge in [0.25, 0.3) is 0 Å². The van der Waals surface area contributed by atoms with Gasteiger partial charge in [-0.1, -0.05) is 18.0 Å². The van der Waals surface area contributed by atoms with Crippen molar-refractivity contribution in [2.75, 3.05) is 19.0 Å². The SMILES string of the molecule is COc1ccc(Cl)c(NC(=O)CC2(CN)CCC2)c1. The van der Waals surface area contributed by atoms with Crippen LogP contribution < -0.4 is 15.8 Å². The van der Waals surface area contributed by atoms with Gasteiger partial charge in [-0.15, -0.1) is 0 Å². The molecule has 0 unspecified atom stereocenters. The van der Waals surface area contributed by atoms with Crippen LogP contribution in [0.1, 0.15) is 25.7 Å². The molecule has 0 aromatic heterocycles. The van der Waals surface area contributed by atoms with E-state index in [9.17, 15) is 4.79 Å². The van der Waals surface area contributed by atoms with Gasteiger partial charge in [-0.05, 0) is 36.9 Å². The molecule has 4 nitrogen and oxygen atoms in total. The number of hydrogen-bond donors (Lipinski definition) is 2. The summed E-state index contributed by atoms with van der Waals surface area (Å²) in [4.78, 5) is 12.1. The van der Waals surface area contributed by atoms with Gasteiger partial charge in [0.1, 0.15) is 5.75 Å². The zero-order valence-electron chi connectivity index (χ0n) is 11.0. The van der Waals surface area contributed by atoms with Gasteiger partial charge >= 0.3 is 0 Å². The van der Waals surface area contributed by atoms with Crippen LogP contribution in [-0.4, -0.2) is 19.6 Å². The maximum absolute atomic E-state index is 12.1. The number of carbonyl (C=O) groups excluding carboxylic acids is 1. The molecule has 1 aliphatic rings. The minimum atomic E-state index is -0.0414.